The summed E-state index contributed by atoms with van der Waals surface area (Å²) in [6.45, 7) is 6.20. The van der Waals surface area contributed by atoms with Crippen molar-refractivity contribution in [1.29, 1.82) is 0 Å². The van der Waals surface area contributed by atoms with Gasteiger partial charge in [-0.3, -0.25) is 0 Å². The molecular formula is C12H24N2O. The van der Waals surface area contributed by atoms with Crippen molar-refractivity contribution < 1.29 is 4.79 Å². The van der Waals surface area contributed by atoms with Crippen LogP contribution in [0.3, 0.4) is 0 Å². The van der Waals surface area contributed by atoms with Crippen molar-refractivity contribution in [2.45, 2.75) is 58.4 Å². The first-order valence-corrected chi connectivity index (χ1v) is 6.29. The highest BCUT2D eigenvalue weighted by molar-refractivity contribution is 5.75. The summed E-state index contributed by atoms with van der Waals surface area (Å²) in [5.41, 5.74) is 0. The number of amides is 2. The van der Waals surface area contributed by atoms with Crippen LogP contribution in [0.5, 0.6) is 0 Å². The summed E-state index contributed by atoms with van der Waals surface area (Å²) in [5, 5.41) is 3.05. The van der Waals surface area contributed by atoms with Gasteiger partial charge in [-0.25, -0.2) is 4.79 Å². The van der Waals surface area contributed by atoms with Crippen molar-refractivity contribution >= 4 is 6.03 Å². The summed E-state index contributed by atoms with van der Waals surface area (Å²) in [4.78, 5) is 13.4. The van der Waals surface area contributed by atoms with E-state index in [2.05, 4.69) is 19.2 Å². The molecule has 0 spiro atoms. The molecule has 0 aliphatic carbocycles. The molecule has 1 heterocycles. The number of hydrogen-bond donors (Lipinski definition) is 1. The normalized spacial score (nSPS) is 17.1. The van der Waals surface area contributed by atoms with Gasteiger partial charge in [0.1, 0.15) is 0 Å². The van der Waals surface area contributed by atoms with Crippen LogP contribution in [0.1, 0.15) is 52.4 Å². The Hall–Kier alpha value is -0.730. The molecule has 1 aliphatic heterocycles. The van der Waals surface area contributed by atoms with Crippen molar-refractivity contribution in [3.8, 4) is 0 Å². The molecule has 88 valence electrons. The summed E-state index contributed by atoms with van der Waals surface area (Å²) in [6.07, 6.45) is 7.38. The van der Waals surface area contributed by atoms with Gasteiger partial charge in [0.05, 0.1) is 0 Å². The maximum absolute atomic E-state index is 11.5. The molecule has 0 aromatic heterocycles. The Morgan fingerprint density at radius 3 is 2.60 bits per heavy atom. The fourth-order valence-electron chi connectivity index (χ4n) is 1.77. The summed E-state index contributed by atoms with van der Waals surface area (Å²) >= 11 is 0. The Balaban J connectivity index is 2.01. The molecule has 15 heavy (non-hydrogen) atoms. The highest BCUT2D eigenvalue weighted by atomic mass is 16.2. The second kappa shape index (κ2) is 6.70. The standard InChI is InChI=1S/C12H24N2O/c1-3-4-5-6-8-11(2)13-12(15)14-9-7-10-14/h11H,3-10H2,1-2H3,(H,13,15). The zero-order chi connectivity index (χ0) is 11.1. The Morgan fingerprint density at radius 2 is 2.07 bits per heavy atom. The van der Waals surface area contributed by atoms with E-state index in [9.17, 15) is 4.79 Å². The van der Waals surface area contributed by atoms with Crippen LogP contribution in [0.4, 0.5) is 4.79 Å². The minimum absolute atomic E-state index is 0.129. The van der Waals surface area contributed by atoms with Gasteiger partial charge in [-0.1, -0.05) is 32.6 Å². The van der Waals surface area contributed by atoms with Gasteiger partial charge in [0.25, 0.3) is 0 Å². The molecule has 1 aliphatic rings. The van der Waals surface area contributed by atoms with Gasteiger partial charge in [0.15, 0.2) is 0 Å². The molecule has 1 saturated heterocycles. The van der Waals surface area contributed by atoms with Crippen molar-refractivity contribution in [3.63, 3.8) is 0 Å². The van der Waals surface area contributed by atoms with Gasteiger partial charge in [0.2, 0.25) is 0 Å². The average molecular weight is 212 g/mol. The number of nitrogens with one attached hydrogen (secondary N) is 1. The van der Waals surface area contributed by atoms with Crippen LogP contribution < -0.4 is 5.32 Å². The van der Waals surface area contributed by atoms with Crippen LogP contribution in [-0.2, 0) is 0 Å². The molecule has 1 fully saturated rings. The lowest BCUT2D eigenvalue weighted by Crippen LogP contribution is -2.50. The molecular weight excluding hydrogens is 188 g/mol. The largest absolute Gasteiger partial charge is 0.336 e. The smallest absolute Gasteiger partial charge is 0.317 e. The van der Waals surface area contributed by atoms with Crippen molar-refractivity contribution in [1.82, 2.24) is 10.2 Å². The van der Waals surface area contributed by atoms with Gasteiger partial charge in [0, 0.05) is 19.1 Å². The van der Waals surface area contributed by atoms with Crippen LogP contribution in [-0.4, -0.2) is 30.1 Å². The van der Waals surface area contributed by atoms with Crippen molar-refractivity contribution in [2.24, 2.45) is 0 Å². The number of carbonyl (C=O) groups is 1. The molecule has 1 unspecified atom stereocenters. The van der Waals surface area contributed by atoms with E-state index in [4.69, 9.17) is 0 Å². The lowest BCUT2D eigenvalue weighted by molar-refractivity contribution is 0.164. The van der Waals surface area contributed by atoms with Gasteiger partial charge >= 0.3 is 6.03 Å². The van der Waals surface area contributed by atoms with Crippen LogP contribution >= 0.6 is 0 Å². The quantitative estimate of drug-likeness (QED) is 0.675. The number of nitrogens with zero attached hydrogens (tertiary/aromatic N) is 1. The minimum atomic E-state index is 0.129. The first-order chi connectivity index (χ1) is 7.24. The van der Waals surface area contributed by atoms with E-state index in [-0.39, 0.29) is 6.03 Å². The predicted molar refractivity (Wildman–Crippen MR) is 62.9 cm³/mol. The Kier molecular flexibility index (Phi) is 5.51. The lowest BCUT2D eigenvalue weighted by Gasteiger charge is -2.32. The molecule has 0 aromatic carbocycles. The van der Waals surface area contributed by atoms with E-state index in [0.717, 1.165) is 25.9 Å². The molecule has 2 amide bonds. The Labute approximate surface area is 93.2 Å². The predicted octanol–water partition coefficient (Wildman–Crippen LogP) is 2.76. The second-order valence-corrected chi connectivity index (χ2v) is 4.54. The minimum Gasteiger partial charge on any atom is -0.336 e. The summed E-state index contributed by atoms with van der Waals surface area (Å²) in [7, 11) is 0. The number of unbranched alkanes of at least 4 members (excludes halogenated alkanes) is 3. The number of likely N-dealkylation sites (tertiary alicyclic amines) is 1. The van der Waals surface area contributed by atoms with E-state index in [1.165, 1.54) is 25.7 Å². The monoisotopic (exact) mass is 212 g/mol. The maximum Gasteiger partial charge on any atom is 0.317 e. The van der Waals surface area contributed by atoms with E-state index in [0.29, 0.717) is 6.04 Å². The Morgan fingerprint density at radius 1 is 1.33 bits per heavy atom. The van der Waals surface area contributed by atoms with Crippen molar-refractivity contribution in [3.05, 3.63) is 0 Å². The third kappa shape index (κ3) is 4.54. The number of carbonyl (C=O) groups excluding carboxylic acids is 1. The van der Waals surface area contributed by atoms with Crippen LogP contribution in [0.2, 0.25) is 0 Å². The molecule has 0 aromatic rings. The Bertz CT molecular complexity index is 190. The van der Waals surface area contributed by atoms with E-state index in [1.807, 2.05) is 4.90 Å². The lowest BCUT2D eigenvalue weighted by atomic mass is 10.1. The van der Waals surface area contributed by atoms with Crippen LogP contribution in [0, 0.1) is 0 Å². The summed E-state index contributed by atoms with van der Waals surface area (Å²) < 4.78 is 0. The summed E-state index contributed by atoms with van der Waals surface area (Å²) in [5.74, 6) is 0. The molecule has 1 rings (SSSR count). The fourth-order valence-corrected chi connectivity index (χ4v) is 1.77. The molecule has 1 N–H and O–H groups in total. The zero-order valence-electron chi connectivity index (χ0n) is 10.1. The van der Waals surface area contributed by atoms with E-state index >= 15 is 0 Å². The molecule has 0 radical (unpaired) electrons. The van der Waals surface area contributed by atoms with Gasteiger partial charge in [-0.15, -0.1) is 0 Å². The first-order valence-electron chi connectivity index (χ1n) is 6.29. The number of hydrogen-bond acceptors (Lipinski definition) is 1. The fraction of sp³-hybridized carbons (Fsp3) is 0.917. The third-order valence-electron chi connectivity index (χ3n) is 3.00. The number of urea groups is 1. The van der Waals surface area contributed by atoms with Crippen LogP contribution in [0.25, 0.3) is 0 Å². The van der Waals surface area contributed by atoms with Gasteiger partial charge < -0.3 is 10.2 Å². The highest BCUT2D eigenvalue weighted by Gasteiger charge is 2.20. The maximum atomic E-state index is 11.5. The first kappa shape index (κ1) is 12.3. The van der Waals surface area contributed by atoms with Gasteiger partial charge in [-0.2, -0.15) is 0 Å². The molecule has 1 atom stereocenters. The van der Waals surface area contributed by atoms with Gasteiger partial charge in [-0.05, 0) is 19.8 Å². The molecule has 3 heteroatoms. The zero-order valence-corrected chi connectivity index (χ0v) is 10.1. The SMILES string of the molecule is CCCCCCC(C)NC(=O)N1CCC1. The van der Waals surface area contributed by atoms with E-state index in [1.54, 1.807) is 0 Å². The highest BCUT2D eigenvalue weighted by Crippen LogP contribution is 2.08. The topological polar surface area (TPSA) is 32.3 Å². The third-order valence-corrected chi connectivity index (χ3v) is 3.00. The summed E-state index contributed by atoms with van der Waals surface area (Å²) in [6, 6.07) is 0.458. The molecule has 0 saturated carbocycles. The second-order valence-electron chi connectivity index (χ2n) is 4.54. The molecule has 0 bridgehead atoms. The van der Waals surface area contributed by atoms with Crippen LogP contribution in [0.15, 0.2) is 0 Å². The number of rotatable bonds is 6. The van der Waals surface area contributed by atoms with Crippen molar-refractivity contribution in [2.75, 3.05) is 13.1 Å². The molecule has 3 nitrogen and oxygen atoms in total. The van der Waals surface area contributed by atoms with E-state index < -0.39 is 0 Å². The average Bonchev–Trinajstić information content (AvgIpc) is 2.09.